The molecule has 1 unspecified atom stereocenters. The first kappa shape index (κ1) is 25.9. The van der Waals surface area contributed by atoms with Crippen molar-refractivity contribution < 1.29 is 0 Å². The molecule has 2 heterocycles. The third-order valence-electron chi connectivity index (χ3n) is 7.96. The molecule has 2 aromatic heterocycles. The highest BCUT2D eigenvalue weighted by atomic mass is 35.5. The first-order chi connectivity index (χ1) is 19.9. The zero-order valence-electron chi connectivity index (χ0n) is 22.0. The Morgan fingerprint density at radius 3 is 2.49 bits per heavy atom. The lowest BCUT2D eigenvalue weighted by Gasteiger charge is -2.32. The number of fused-ring (bicyclic) bond motifs is 1. The molecule has 5 aromatic rings. The van der Waals surface area contributed by atoms with Crippen LogP contribution in [0, 0.1) is 11.3 Å². The van der Waals surface area contributed by atoms with Gasteiger partial charge in [0.15, 0.2) is 0 Å². The molecular formula is C31H24BCl2N7. The molecule has 2 radical (unpaired) electrons. The van der Waals surface area contributed by atoms with E-state index in [0.29, 0.717) is 55.2 Å². The molecule has 2 aliphatic rings. The number of nitrogens with one attached hydrogen (secondary N) is 2. The second-order valence-corrected chi connectivity index (χ2v) is 11.6. The molecule has 0 amide bonds. The van der Waals surface area contributed by atoms with Crippen molar-refractivity contribution in [3.63, 3.8) is 0 Å². The van der Waals surface area contributed by atoms with Gasteiger partial charge in [0.25, 0.3) is 0 Å². The fourth-order valence-corrected chi connectivity index (χ4v) is 5.96. The van der Waals surface area contributed by atoms with E-state index in [9.17, 15) is 5.26 Å². The zero-order valence-corrected chi connectivity index (χ0v) is 23.5. The summed E-state index contributed by atoms with van der Waals surface area (Å²) in [5.41, 5.74) is 3.09. The van der Waals surface area contributed by atoms with Crippen LogP contribution in [0.4, 0.5) is 11.4 Å². The van der Waals surface area contributed by atoms with E-state index in [0.717, 1.165) is 25.7 Å². The summed E-state index contributed by atoms with van der Waals surface area (Å²) < 4.78 is 1.85. The molecule has 0 aliphatic heterocycles. The van der Waals surface area contributed by atoms with Gasteiger partial charge in [0.1, 0.15) is 19.6 Å². The van der Waals surface area contributed by atoms with Crippen LogP contribution in [0.3, 0.4) is 0 Å². The summed E-state index contributed by atoms with van der Waals surface area (Å²) in [4.78, 5) is 4.53. The number of nitrogens with zero attached hydrogens (tertiary/aromatic N) is 5. The van der Waals surface area contributed by atoms with E-state index in [2.05, 4.69) is 44.1 Å². The number of hydrogen-bond donors (Lipinski definition) is 2. The van der Waals surface area contributed by atoms with E-state index in [-0.39, 0.29) is 5.54 Å². The average Bonchev–Trinajstić information content (AvgIpc) is 3.92. The molecule has 7 nitrogen and oxygen atoms in total. The minimum absolute atomic E-state index is 0.256. The van der Waals surface area contributed by atoms with Crippen molar-refractivity contribution in [3.05, 3.63) is 112 Å². The molecule has 2 fully saturated rings. The summed E-state index contributed by atoms with van der Waals surface area (Å²) in [5, 5.41) is 27.6. The topological polar surface area (TPSA) is 91.5 Å². The van der Waals surface area contributed by atoms with Crippen LogP contribution in [0.1, 0.15) is 54.1 Å². The van der Waals surface area contributed by atoms with Gasteiger partial charge in [-0.2, -0.15) is 5.26 Å². The van der Waals surface area contributed by atoms with Gasteiger partial charge in [-0.25, -0.2) is 4.68 Å². The molecule has 2 N–H and O–H groups in total. The largest absolute Gasteiger partial charge is 0.378 e. The van der Waals surface area contributed by atoms with Crippen LogP contribution < -0.4 is 10.6 Å². The van der Waals surface area contributed by atoms with Crippen molar-refractivity contribution in [2.45, 2.75) is 42.7 Å². The number of anilines is 2. The normalized spacial score (nSPS) is 17.0. The summed E-state index contributed by atoms with van der Waals surface area (Å²) in [5.74, 6) is 0. The first-order valence-corrected chi connectivity index (χ1v) is 14.3. The molecule has 0 bridgehead atoms. The number of benzene rings is 3. The SMILES string of the molecule is [B]C(Nc1cc(Cl)c2ncc(C#N)c(NC3(c4ccccc4)CC3)c2c1)(c1cn(C2CC2)nn1)c1ccccc1Cl. The highest BCUT2D eigenvalue weighted by Crippen LogP contribution is 2.50. The monoisotopic (exact) mass is 575 g/mol. The van der Waals surface area contributed by atoms with Gasteiger partial charge in [-0.3, -0.25) is 4.98 Å². The van der Waals surface area contributed by atoms with E-state index < -0.39 is 5.44 Å². The number of hydrogen-bond acceptors (Lipinski definition) is 6. The van der Waals surface area contributed by atoms with E-state index >= 15 is 0 Å². The molecule has 0 saturated heterocycles. The predicted octanol–water partition coefficient (Wildman–Crippen LogP) is 6.92. The molecule has 2 saturated carbocycles. The Morgan fingerprint density at radius 2 is 1.78 bits per heavy atom. The van der Waals surface area contributed by atoms with Gasteiger partial charge >= 0.3 is 0 Å². The molecule has 200 valence electrons. The second kappa shape index (κ2) is 9.79. The van der Waals surface area contributed by atoms with Crippen LogP contribution in [0.2, 0.25) is 10.0 Å². The quantitative estimate of drug-likeness (QED) is 0.195. The van der Waals surface area contributed by atoms with Gasteiger partial charge in [0.2, 0.25) is 0 Å². The molecular weight excluding hydrogens is 552 g/mol. The summed E-state index contributed by atoms with van der Waals surface area (Å²) in [6, 6.07) is 24.0. The van der Waals surface area contributed by atoms with E-state index in [1.807, 2.05) is 53.3 Å². The Labute approximate surface area is 248 Å². The number of halogens is 2. The number of nitriles is 1. The Kier molecular flexibility index (Phi) is 6.18. The Balaban J connectivity index is 1.35. The molecule has 10 heteroatoms. The molecule has 41 heavy (non-hydrogen) atoms. The Bertz CT molecular complexity index is 1830. The summed E-state index contributed by atoms with van der Waals surface area (Å²) >= 11 is 13.5. The van der Waals surface area contributed by atoms with Crippen molar-refractivity contribution in [2.75, 3.05) is 10.6 Å². The molecule has 1 atom stereocenters. The predicted molar refractivity (Wildman–Crippen MR) is 162 cm³/mol. The van der Waals surface area contributed by atoms with Crippen LogP contribution >= 0.6 is 23.2 Å². The first-order valence-electron chi connectivity index (χ1n) is 13.5. The lowest BCUT2D eigenvalue weighted by molar-refractivity contribution is 0.610. The smallest absolute Gasteiger partial charge is 0.119 e. The van der Waals surface area contributed by atoms with Crippen molar-refractivity contribution in [3.8, 4) is 6.07 Å². The van der Waals surface area contributed by atoms with Crippen LogP contribution in [0.25, 0.3) is 10.9 Å². The minimum atomic E-state index is -1.32. The second-order valence-electron chi connectivity index (χ2n) is 10.8. The Hall–Kier alpha value is -4.06. The van der Waals surface area contributed by atoms with E-state index in [1.54, 1.807) is 18.3 Å². The van der Waals surface area contributed by atoms with E-state index in [1.165, 1.54) is 5.56 Å². The lowest BCUT2D eigenvalue weighted by atomic mass is 9.69. The van der Waals surface area contributed by atoms with Gasteiger partial charge < -0.3 is 10.6 Å². The maximum absolute atomic E-state index is 10.0. The standard InChI is InChI=1S/C31H24BCl2N7/c32-31(24-8-4-5-9-25(24)33,27-18-41(40-39-27)22-10-11-22)37-21-14-23-28(19(16-35)17-36-29(23)26(34)15-21)38-30(12-13-30)20-6-2-1-3-7-20/h1-9,14-15,17-18,22,37H,10-13H2,(H,36,38). The van der Waals surface area contributed by atoms with Gasteiger partial charge in [-0.15, -0.1) is 5.10 Å². The maximum atomic E-state index is 10.0. The highest BCUT2D eigenvalue weighted by Gasteiger charge is 2.45. The highest BCUT2D eigenvalue weighted by molar-refractivity contribution is 6.36. The van der Waals surface area contributed by atoms with Crippen molar-refractivity contribution in [2.24, 2.45) is 0 Å². The third-order valence-corrected chi connectivity index (χ3v) is 8.58. The Morgan fingerprint density at radius 1 is 1.02 bits per heavy atom. The average molecular weight is 576 g/mol. The van der Waals surface area contributed by atoms with Crippen molar-refractivity contribution in [1.29, 1.82) is 5.26 Å². The fourth-order valence-electron chi connectivity index (χ4n) is 5.41. The van der Waals surface area contributed by atoms with Gasteiger partial charge in [0, 0.05) is 22.3 Å². The molecule has 3 aromatic carbocycles. The molecule has 7 rings (SSSR count). The van der Waals surface area contributed by atoms with Crippen LogP contribution in [0.5, 0.6) is 0 Å². The molecule has 0 spiro atoms. The van der Waals surface area contributed by atoms with Crippen LogP contribution in [-0.2, 0) is 11.0 Å². The van der Waals surface area contributed by atoms with Gasteiger partial charge in [-0.05, 0) is 55.0 Å². The van der Waals surface area contributed by atoms with Gasteiger partial charge in [0.05, 0.1) is 45.0 Å². The number of pyridine rings is 1. The summed E-state index contributed by atoms with van der Waals surface area (Å²) in [7, 11) is 7.15. The van der Waals surface area contributed by atoms with Crippen molar-refractivity contribution in [1.82, 2.24) is 20.0 Å². The third kappa shape index (κ3) is 4.59. The van der Waals surface area contributed by atoms with E-state index in [4.69, 9.17) is 31.0 Å². The summed E-state index contributed by atoms with van der Waals surface area (Å²) in [6.07, 6.45) is 7.47. The molecule has 2 aliphatic carbocycles. The van der Waals surface area contributed by atoms with Crippen molar-refractivity contribution >= 4 is 53.3 Å². The number of aromatic nitrogens is 4. The minimum Gasteiger partial charge on any atom is -0.378 e. The maximum Gasteiger partial charge on any atom is 0.119 e. The fraction of sp³-hybridized carbons (Fsp3) is 0.226. The lowest BCUT2D eigenvalue weighted by Crippen LogP contribution is -2.38. The van der Waals surface area contributed by atoms with Gasteiger partial charge in [-0.1, -0.05) is 76.9 Å². The number of rotatable bonds is 8. The zero-order chi connectivity index (χ0) is 28.2. The van der Waals surface area contributed by atoms with Crippen LogP contribution in [-0.4, -0.2) is 27.8 Å². The summed E-state index contributed by atoms with van der Waals surface area (Å²) in [6.45, 7) is 0. The van der Waals surface area contributed by atoms with Crippen LogP contribution in [0.15, 0.2) is 79.1 Å².